The Kier molecular flexibility index (Phi) is 7.38. The van der Waals surface area contributed by atoms with Gasteiger partial charge in [0, 0.05) is 28.7 Å². The van der Waals surface area contributed by atoms with Gasteiger partial charge in [-0.25, -0.2) is 4.39 Å². The van der Waals surface area contributed by atoms with Crippen LogP contribution in [0.3, 0.4) is 0 Å². The Morgan fingerprint density at radius 1 is 1.09 bits per heavy atom. The van der Waals surface area contributed by atoms with Crippen LogP contribution < -0.4 is 19.7 Å². The third kappa shape index (κ3) is 5.34. The van der Waals surface area contributed by atoms with Crippen molar-refractivity contribution in [2.45, 2.75) is 19.1 Å². The molecule has 178 valence electrons. The van der Waals surface area contributed by atoms with E-state index in [-0.39, 0.29) is 24.6 Å². The number of hydrogen-bond acceptors (Lipinski definition) is 6. The van der Waals surface area contributed by atoms with Crippen molar-refractivity contribution in [1.82, 2.24) is 15.5 Å². The SMILES string of the molecule is COc1ccc(CNC(=O)c2cc(-c3cc(Cl)cc(Cl)c3)nnc2N2CCC(F)C2)cc1OC. The Hall–Kier alpha value is -3.10. The van der Waals surface area contributed by atoms with E-state index >= 15 is 0 Å². The Morgan fingerprint density at radius 3 is 2.47 bits per heavy atom. The molecule has 0 aliphatic carbocycles. The van der Waals surface area contributed by atoms with Crippen molar-refractivity contribution >= 4 is 34.9 Å². The number of alkyl halides is 1. The Morgan fingerprint density at radius 2 is 1.82 bits per heavy atom. The summed E-state index contributed by atoms with van der Waals surface area (Å²) in [4.78, 5) is 15.0. The summed E-state index contributed by atoms with van der Waals surface area (Å²) >= 11 is 12.3. The van der Waals surface area contributed by atoms with Gasteiger partial charge < -0.3 is 19.7 Å². The summed E-state index contributed by atoms with van der Waals surface area (Å²) in [7, 11) is 3.11. The highest BCUT2D eigenvalue weighted by Gasteiger charge is 2.28. The van der Waals surface area contributed by atoms with Crippen LogP contribution >= 0.6 is 23.2 Å². The van der Waals surface area contributed by atoms with Crippen molar-refractivity contribution in [3.63, 3.8) is 0 Å². The molecule has 1 aliphatic heterocycles. The number of nitrogens with zero attached hydrogens (tertiary/aromatic N) is 3. The zero-order valence-corrected chi connectivity index (χ0v) is 20.2. The van der Waals surface area contributed by atoms with Gasteiger partial charge in [0.2, 0.25) is 0 Å². The molecule has 0 bridgehead atoms. The lowest BCUT2D eigenvalue weighted by Crippen LogP contribution is -2.29. The lowest BCUT2D eigenvalue weighted by molar-refractivity contribution is 0.0951. The van der Waals surface area contributed by atoms with E-state index in [0.29, 0.717) is 51.6 Å². The number of benzene rings is 2. The van der Waals surface area contributed by atoms with Gasteiger partial charge in [-0.15, -0.1) is 10.2 Å². The molecule has 1 aliphatic rings. The molecule has 1 amide bonds. The van der Waals surface area contributed by atoms with Gasteiger partial charge in [-0.2, -0.15) is 0 Å². The lowest BCUT2D eigenvalue weighted by atomic mass is 10.1. The van der Waals surface area contributed by atoms with Gasteiger partial charge in [-0.05, 0) is 48.4 Å². The molecule has 0 spiro atoms. The van der Waals surface area contributed by atoms with Gasteiger partial charge in [0.1, 0.15) is 6.17 Å². The number of nitrogens with one attached hydrogen (secondary N) is 1. The van der Waals surface area contributed by atoms with E-state index in [1.165, 1.54) is 0 Å². The van der Waals surface area contributed by atoms with Gasteiger partial charge in [0.25, 0.3) is 5.91 Å². The highest BCUT2D eigenvalue weighted by atomic mass is 35.5. The van der Waals surface area contributed by atoms with Crippen LogP contribution in [0.5, 0.6) is 11.5 Å². The zero-order valence-electron chi connectivity index (χ0n) is 18.6. The van der Waals surface area contributed by atoms with E-state index in [2.05, 4.69) is 15.5 Å². The average Bonchev–Trinajstić information content (AvgIpc) is 3.27. The quantitative estimate of drug-likeness (QED) is 0.490. The van der Waals surface area contributed by atoms with Gasteiger partial charge in [0.05, 0.1) is 32.0 Å². The molecule has 7 nitrogen and oxygen atoms in total. The topological polar surface area (TPSA) is 76.6 Å². The molecule has 3 aromatic rings. The van der Waals surface area contributed by atoms with Crippen LogP contribution in [-0.2, 0) is 6.54 Å². The predicted molar refractivity (Wildman–Crippen MR) is 130 cm³/mol. The molecular formula is C24H23Cl2FN4O3. The van der Waals surface area contributed by atoms with E-state index in [0.717, 1.165) is 5.56 Å². The minimum atomic E-state index is -0.976. The third-order valence-electron chi connectivity index (χ3n) is 5.51. The number of ether oxygens (including phenoxy) is 2. The van der Waals surface area contributed by atoms with E-state index in [9.17, 15) is 9.18 Å². The minimum Gasteiger partial charge on any atom is -0.493 e. The number of anilines is 1. The number of carbonyl (C=O) groups is 1. The number of methoxy groups -OCH3 is 2. The van der Waals surface area contributed by atoms with Gasteiger partial charge in [-0.1, -0.05) is 29.3 Å². The summed E-state index contributed by atoms with van der Waals surface area (Å²) in [6.07, 6.45) is -0.601. The largest absolute Gasteiger partial charge is 0.493 e. The fourth-order valence-corrected chi connectivity index (χ4v) is 4.33. The molecular weight excluding hydrogens is 482 g/mol. The molecule has 1 N–H and O–H groups in total. The number of amides is 1. The highest BCUT2D eigenvalue weighted by molar-refractivity contribution is 6.35. The molecule has 1 fully saturated rings. The lowest BCUT2D eigenvalue weighted by Gasteiger charge is -2.19. The Bertz CT molecular complexity index is 1190. The first-order valence-electron chi connectivity index (χ1n) is 10.6. The summed E-state index contributed by atoms with van der Waals surface area (Å²) in [6, 6.07) is 12.0. The molecule has 0 saturated carbocycles. The molecule has 1 unspecified atom stereocenters. The van der Waals surface area contributed by atoms with Crippen LogP contribution in [0.15, 0.2) is 42.5 Å². The third-order valence-corrected chi connectivity index (χ3v) is 5.95. The van der Waals surface area contributed by atoms with Crippen LogP contribution in [0.1, 0.15) is 22.3 Å². The van der Waals surface area contributed by atoms with Crippen molar-refractivity contribution in [3.8, 4) is 22.8 Å². The zero-order chi connectivity index (χ0) is 24.2. The van der Waals surface area contributed by atoms with Crippen molar-refractivity contribution < 1.29 is 18.7 Å². The number of aromatic nitrogens is 2. The van der Waals surface area contributed by atoms with Gasteiger partial charge in [0.15, 0.2) is 17.3 Å². The van der Waals surface area contributed by atoms with Crippen LogP contribution in [0.2, 0.25) is 10.0 Å². The maximum absolute atomic E-state index is 13.9. The smallest absolute Gasteiger partial charge is 0.255 e. The molecule has 1 saturated heterocycles. The second kappa shape index (κ2) is 10.4. The summed E-state index contributed by atoms with van der Waals surface area (Å²) in [5.41, 5.74) is 2.16. The fourth-order valence-electron chi connectivity index (χ4n) is 3.81. The van der Waals surface area contributed by atoms with Crippen molar-refractivity contribution in [2.75, 3.05) is 32.2 Å². The molecule has 34 heavy (non-hydrogen) atoms. The second-order valence-corrected chi connectivity index (χ2v) is 8.70. The van der Waals surface area contributed by atoms with Gasteiger partial charge in [-0.3, -0.25) is 4.79 Å². The standard InChI is InChI=1S/C24H23Cl2FN4O3/c1-33-21-4-3-14(7-22(21)34-2)12-28-24(32)19-11-20(15-8-16(25)10-17(26)9-15)29-30-23(19)31-6-5-18(27)13-31/h3-4,7-11,18H,5-6,12-13H2,1-2H3,(H,28,32). The molecule has 0 radical (unpaired) electrons. The molecule has 2 heterocycles. The van der Waals surface area contributed by atoms with Crippen molar-refractivity contribution in [1.29, 1.82) is 0 Å². The molecule has 1 aromatic heterocycles. The number of hydrogen-bond donors (Lipinski definition) is 1. The first-order valence-corrected chi connectivity index (χ1v) is 11.4. The van der Waals surface area contributed by atoms with Crippen LogP contribution in [0.4, 0.5) is 10.2 Å². The average molecular weight is 505 g/mol. The predicted octanol–water partition coefficient (Wildman–Crippen LogP) is 4.95. The van der Waals surface area contributed by atoms with E-state index in [1.54, 1.807) is 55.5 Å². The normalized spacial score (nSPS) is 15.3. The fraction of sp³-hybridized carbons (Fsp3) is 0.292. The van der Waals surface area contributed by atoms with Crippen LogP contribution in [-0.4, -0.2) is 49.6 Å². The Balaban J connectivity index is 1.64. The van der Waals surface area contributed by atoms with E-state index in [1.807, 2.05) is 6.07 Å². The van der Waals surface area contributed by atoms with Crippen LogP contribution in [0.25, 0.3) is 11.3 Å². The second-order valence-electron chi connectivity index (χ2n) is 7.83. The van der Waals surface area contributed by atoms with Crippen molar-refractivity contribution in [3.05, 3.63) is 63.6 Å². The Labute approximate surface area is 206 Å². The van der Waals surface area contributed by atoms with Crippen molar-refractivity contribution in [2.24, 2.45) is 0 Å². The highest BCUT2D eigenvalue weighted by Crippen LogP contribution is 2.30. The maximum atomic E-state index is 13.9. The van der Waals surface area contributed by atoms with Gasteiger partial charge >= 0.3 is 0 Å². The number of carbonyl (C=O) groups excluding carboxylic acids is 1. The molecule has 2 aromatic carbocycles. The molecule has 4 rings (SSSR count). The first kappa shape index (κ1) is 24.0. The summed E-state index contributed by atoms with van der Waals surface area (Å²) in [5.74, 6) is 1.13. The van der Waals surface area contributed by atoms with E-state index in [4.69, 9.17) is 32.7 Å². The summed E-state index contributed by atoms with van der Waals surface area (Å²) in [6.45, 7) is 0.853. The minimum absolute atomic E-state index is 0.160. The monoisotopic (exact) mass is 504 g/mol. The first-order chi connectivity index (χ1) is 16.4. The summed E-state index contributed by atoms with van der Waals surface area (Å²) in [5, 5.41) is 12.3. The van der Waals surface area contributed by atoms with E-state index < -0.39 is 6.17 Å². The molecule has 1 atom stereocenters. The number of halogens is 3. The molecule has 10 heteroatoms. The summed E-state index contributed by atoms with van der Waals surface area (Å²) < 4.78 is 24.5. The number of rotatable bonds is 7. The maximum Gasteiger partial charge on any atom is 0.255 e. The van der Waals surface area contributed by atoms with Crippen LogP contribution in [0, 0.1) is 0 Å².